The van der Waals surface area contributed by atoms with Gasteiger partial charge in [0.1, 0.15) is 9.84 Å². The summed E-state index contributed by atoms with van der Waals surface area (Å²) in [5, 5.41) is -0.611. The van der Waals surface area contributed by atoms with E-state index in [1.54, 1.807) is 0 Å². The quantitative estimate of drug-likeness (QED) is 0.624. The van der Waals surface area contributed by atoms with E-state index in [9.17, 15) is 16.8 Å². The van der Waals surface area contributed by atoms with Gasteiger partial charge in [-0.15, -0.1) is 0 Å². The molecule has 0 saturated carbocycles. The lowest BCUT2D eigenvalue weighted by molar-refractivity contribution is 0.178. The first-order valence-electron chi connectivity index (χ1n) is 6.72. The summed E-state index contributed by atoms with van der Waals surface area (Å²) < 4.78 is 54.2. The molecule has 1 aliphatic rings. The Kier molecular flexibility index (Phi) is 6.86. The maximum Gasteiger partial charge on any atom is 0.217 e. The van der Waals surface area contributed by atoms with Gasteiger partial charge in [0.25, 0.3) is 0 Å². The summed E-state index contributed by atoms with van der Waals surface area (Å²) in [6, 6.07) is 0. The minimum Gasteiger partial charge on any atom is -0.383 e. The fourth-order valence-electron chi connectivity index (χ4n) is 2.20. The standard InChI is InChI=1S/C11H24N2O5S2/c1-18-8-7-13(6-2-5-12)20(16,17)11-3-9-19(14,15)10-4-11/h11H,2-10,12H2,1H3. The zero-order chi connectivity index (χ0) is 15.2. The monoisotopic (exact) mass is 328 g/mol. The largest absolute Gasteiger partial charge is 0.383 e. The molecule has 0 bridgehead atoms. The minimum absolute atomic E-state index is 0.0497. The van der Waals surface area contributed by atoms with Crippen LogP contribution in [0.3, 0.4) is 0 Å². The van der Waals surface area contributed by atoms with Crippen LogP contribution in [0.5, 0.6) is 0 Å². The van der Waals surface area contributed by atoms with Crippen molar-refractivity contribution in [2.75, 3.05) is 44.9 Å². The van der Waals surface area contributed by atoms with E-state index < -0.39 is 25.1 Å². The van der Waals surface area contributed by atoms with Gasteiger partial charge in [-0.05, 0) is 25.8 Å². The molecule has 0 amide bonds. The number of rotatable bonds is 8. The van der Waals surface area contributed by atoms with Crippen LogP contribution < -0.4 is 5.73 Å². The van der Waals surface area contributed by atoms with E-state index in [1.165, 1.54) is 11.4 Å². The molecule has 120 valence electrons. The van der Waals surface area contributed by atoms with Crippen molar-refractivity contribution in [2.45, 2.75) is 24.5 Å². The zero-order valence-electron chi connectivity index (χ0n) is 11.8. The molecule has 0 radical (unpaired) electrons. The summed E-state index contributed by atoms with van der Waals surface area (Å²) in [5.74, 6) is -0.0994. The van der Waals surface area contributed by atoms with Crippen LogP contribution in [-0.2, 0) is 24.6 Å². The first-order chi connectivity index (χ1) is 9.33. The van der Waals surface area contributed by atoms with Crippen LogP contribution in [0.15, 0.2) is 0 Å². The van der Waals surface area contributed by atoms with Gasteiger partial charge in [-0.3, -0.25) is 0 Å². The molecule has 2 N–H and O–H groups in total. The lowest BCUT2D eigenvalue weighted by atomic mass is 10.2. The third-order valence-corrected chi connectivity index (χ3v) is 7.55. The smallest absolute Gasteiger partial charge is 0.217 e. The second kappa shape index (κ2) is 7.69. The van der Waals surface area contributed by atoms with E-state index in [0.29, 0.717) is 26.1 Å². The lowest BCUT2D eigenvalue weighted by Crippen LogP contribution is -2.44. The number of sulfone groups is 1. The van der Waals surface area contributed by atoms with Crippen LogP contribution in [-0.4, -0.2) is 71.2 Å². The van der Waals surface area contributed by atoms with Crippen molar-refractivity contribution >= 4 is 19.9 Å². The van der Waals surface area contributed by atoms with E-state index in [0.717, 1.165) is 0 Å². The van der Waals surface area contributed by atoms with Gasteiger partial charge < -0.3 is 10.5 Å². The summed E-state index contributed by atoms with van der Waals surface area (Å²) in [4.78, 5) is 0. The average Bonchev–Trinajstić information content (AvgIpc) is 2.38. The fourth-order valence-corrected chi connectivity index (χ4v) is 5.96. The van der Waals surface area contributed by atoms with Crippen LogP contribution in [0.1, 0.15) is 19.3 Å². The molecule has 9 heteroatoms. The molecule has 0 unspecified atom stereocenters. The Hall–Kier alpha value is -0.220. The van der Waals surface area contributed by atoms with Gasteiger partial charge in [0.2, 0.25) is 10.0 Å². The Labute approximate surface area is 121 Å². The molecule has 20 heavy (non-hydrogen) atoms. The molecule has 0 atom stereocenters. The van der Waals surface area contributed by atoms with Crippen molar-refractivity contribution in [1.29, 1.82) is 0 Å². The summed E-state index contributed by atoms with van der Waals surface area (Å²) in [7, 11) is -5.03. The van der Waals surface area contributed by atoms with E-state index in [-0.39, 0.29) is 30.9 Å². The van der Waals surface area contributed by atoms with Crippen molar-refractivity contribution in [2.24, 2.45) is 5.73 Å². The maximum atomic E-state index is 12.5. The van der Waals surface area contributed by atoms with E-state index in [1.807, 2.05) is 0 Å². The molecule has 1 fully saturated rings. The summed E-state index contributed by atoms with van der Waals surface area (Å²) >= 11 is 0. The molecule has 0 aliphatic carbocycles. The molecular weight excluding hydrogens is 304 g/mol. The molecule has 1 heterocycles. The van der Waals surface area contributed by atoms with Crippen LogP contribution >= 0.6 is 0 Å². The Morgan fingerprint density at radius 1 is 1.25 bits per heavy atom. The Morgan fingerprint density at radius 3 is 2.35 bits per heavy atom. The van der Waals surface area contributed by atoms with Crippen LogP contribution in [0, 0.1) is 0 Å². The van der Waals surface area contributed by atoms with Gasteiger partial charge in [-0.2, -0.15) is 4.31 Å². The summed E-state index contributed by atoms with van der Waals surface area (Å²) in [6.07, 6.45) is 0.932. The number of nitrogens with zero attached hydrogens (tertiary/aromatic N) is 1. The van der Waals surface area contributed by atoms with Gasteiger partial charge in [0.15, 0.2) is 0 Å². The molecule has 1 aliphatic heterocycles. The topological polar surface area (TPSA) is 107 Å². The molecule has 0 spiro atoms. The molecule has 0 aromatic heterocycles. The molecule has 7 nitrogen and oxygen atoms in total. The highest BCUT2D eigenvalue weighted by molar-refractivity contribution is 7.92. The number of nitrogens with two attached hydrogens (primary N) is 1. The van der Waals surface area contributed by atoms with E-state index in [4.69, 9.17) is 10.5 Å². The number of methoxy groups -OCH3 is 1. The van der Waals surface area contributed by atoms with Crippen LogP contribution in [0.2, 0.25) is 0 Å². The van der Waals surface area contributed by atoms with Crippen molar-refractivity contribution < 1.29 is 21.6 Å². The van der Waals surface area contributed by atoms with Crippen molar-refractivity contribution in [3.63, 3.8) is 0 Å². The van der Waals surface area contributed by atoms with Gasteiger partial charge in [-0.1, -0.05) is 0 Å². The second-order valence-corrected chi connectivity index (χ2v) is 9.45. The highest BCUT2D eigenvalue weighted by Crippen LogP contribution is 2.22. The highest BCUT2D eigenvalue weighted by atomic mass is 32.2. The first-order valence-corrected chi connectivity index (χ1v) is 10.0. The summed E-state index contributed by atoms with van der Waals surface area (Å²) in [6.45, 7) is 1.36. The number of hydrogen-bond acceptors (Lipinski definition) is 6. The first kappa shape index (κ1) is 17.8. The summed E-state index contributed by atoms with van der Waals surface area (Å²) in [5.41, 5.74) is 5.43. The normalized spacial score (nSPS) is 20.4. The SMILES string of the molecule is COCCN(CCCN)S(=O)(=O)C1CCS(=O)(=O)CC1. The van der Waals surface area contributed by atoms with Crippen molar-refractivity contribution in [3.8, 4) is 0 Å². The molecule has 1 rings (SSSR count). The minimum atomic E-state index is -3.49. The number of hydrogen-bond donors (Lipinski definition) is 1. The predicted octanol–water partition coefficient (Wildman–Crippen LogP) is -0.809. The van der Waals surface area contributed by atoms with Crippen LogP contribution in [0.25, 0.3) is 0 Å². The van der Waals surface area contributed by atoms with Gasteiger partial charge in [0, 0.05) is 20.2 Å². The Balaban J connectivity index is 2.76. The molecule has 0 aromatic rings. The lowest BCUT2D eigenvalue weighted by Gasteiger charge is -2.29. The second-order valence-electron chi connectivity index (χ2n) is 4.93. The fraction of sp³-hybridized carbons (Fsp3) is 1.00. The van der Waals surface area contributed by atoms with Gasteiger partial charge in [-0.25, -0.2) is 16.8 Å². The van der Waals surface area contributed by atoms with Crippen molar-refractivity contribution in [1.82, 2.24) is 4.31 Å². The third kappa shape index (κ3) is 4.96. The molecular formula is C11H24N2O5S2. The maximum absolute atomic E-state index is 12.5. The highest BCUT2D eigenvalue weighted by Gasteiger charge is 2.36. The van der Waals surface area contributed by atoms with Gasteiger partial charge >= 0.3 is 0 Å². The van der Waals surface area contributed by atoms with E-state index >= 15 is 0 Å². The molecule has 1 saturated heterocycles. The average molecular weight is 328 g/mol. The number of sulfonamides is 1. The third-order valence-electron chi connectivity index (χ3n) is 3.44. The Morgan fingerprint density at radius 2 is 1.85 bits per heavy atom. The Bertz CT molecular complexity index is 467. The predicted molar refractivity (Wildman–Crippen MR) is 77.7 cm³/mol. The van der Waals surface area contributed by atoms with Gasteiger partial charge in [0.05, 0.1) is 23.4 Å². The van der Waals surface area contributed by atoms with Crippen molar-refractivity contribution in [3.05, 3.63) is 0 Å². The number of ether oxygens (including phenoxy) is 1. The van der Waals surface area contributed by atoms with Crippen LogP contribution in [0.4, 0.5) is 0 Å². The van der Waals surface area contributed by atoms with E-state index in [2.05, 4.69) is 0 Å². The zero-order valence-corrected chi connectivity index (χ0v) is 13.5. The molecule has 0 aromatic carbocycles.